The molecule has 0 spiro atoms. The van der Waals surface area contributed by atoms with E-state index in [0.717, 1.165) is 23.2 Å². The summed E-state index contributed by atoms with van der Waals surface area (Å²) in [7, 11) is 1.61. The molecule has 0 saturated carbocycles. The molecular formula is C11H11N3O3S2. The molecule has 2 aromatic rings. The summed E-state index contributed by atoms with van der Waals surface area (Å²) >= 11 is 2.47. The summed E-state index contributed by atoms with van der Waals surface area (Å²) in [5.74, 6) is -0.109. The Morgan fingerprint density at radius 1 is 1.42 bits per heavy atom. The van der Waals surface area contributed by atoms with Gasteiger partial charge in [-0.2, -0.15) is 0 Å². The number of thioether (sulfide) groups is 1. The lowest BCUT2D eigenvalue weighted by molar-refractivity contribution is -0.133. The molecule has 0 aliphatic carbocycles. The number of nitrogens with zero attached hydrogens (tertiary/aromatic N) is 2. The summed E-state index contributed by atoms with van der Waals surface area (Å²) < 4.78 is 5.69. The number of rotatable bonds is 6. The number of anilines is 2. The highest BCUT2D eigenvalue weighted by molar-refractivity contribution is 8.01. The first-order valence-electron chi connectivity index (χ1n) is 5.26. The summed E-state index contributed by atoms with van der Waals surface area (Å²) in [4.78, 5) is 10.4. The molecule has 0 aliphatic heterocycles. The highest BCUT2D eigenvalue weighted by Crippen LogP contribution is 2.28. The predicted octanol–water partition coefficient (Wildman–Crippen LogP) is 2.47. The Morgan fingerprint density at radius 2 is 2.16 bits per heavy atom. The Hall–Kier alpha value is -1.80. The van der Waals surface area contributed by atoms with Crippen LogP contribution < -0.4 is 10.1 Å². The molecule has 2 N–H and O–H groups in total. The van der Waals surface area contributed by atoms with Crippen LogP contribution in [-0.2, 0) is 4.79 Å². The molecule has 0 saturated heterocycles. The Morgan fingerprint density at radius 3 is 2.79 bits per heavy atom. The minimum Gasteiger partial charge on any atom is -0.497 e. The van der Waals surface area contributed by atoms with E-state index < -0.39 is 5.97 Å². The molecule has 0 unspecified atom stereocenters. The van der Waals surface area contributed by atoms with E-state index in [9.17, 15) is 4.79 Å². The molecule has 0 bridgehead atoms. The van der Waals surface area contributed by atoms with Gasteiger partial charge in [-0.25, -0.2) is 0 Å². The Kier molecular flexibility index (Phi) is 4.58. The first kappa shape index (κ1) is 13.6. The van der Waals surface area contributed by atoms with Crippen LogP contribution in [0, 0.1) is 0 Å². The van der Waals surface area contributed by atoms with Gasteiger partial charge in [-0.3, -0.25) is 4.79 Å². The molecule has 19 heavy (non-hydrogen) atoms. The van der Waals surface area contributed by atoms with E-state index in [1.165, 1.54) is 11.3 Å². The van der Waals surface area contributed by atoms with Gasteiger partial charge in [0.25, 0.3) is 0 Å². The summed E-state index contributed by atoms with van der Waals surface area (Å²) in [6, 6.07) is 7.40. The van der Waals surface area contributed by atoms with Crippen molar-refractivity contribution in [3.05, 3.63) is 24.3 Å². The fraction of sp³-hybridized carbons (Fsp3) is 0.182. The molecule has 2 rings (SSSR count). The lowest BCUT2D eigenvalue weighted by Gasteiger charge is -2.03. The third-order valence-electron chi connectivity index (χ3n) is 2.07. The lowest BCUT2D eigenvalue weighted by atomic mass is 10.3. The lowest BCUT2D eigenvalue weighted by Crippen LogP contribution is -1.96. The van der Waals surface area contributed by atoms with Gasteiger partial charge in [-0.1, -0.05) is 23.1 Å². The minimum absolute atomic E-state index is 0.0167. The number of carbonyl (C=O) groups is 1. The summed E-state index contributed by atoms with van der Waals surface area (Å²) in [5.41, 5.74) is 0.867. The van der Waals surface area contributed by atoms with E-state index >= 15 is 0 Å². The van der Waals surface area contributed by atoms with Crippen molar-refractivity contribution in [2.24, 2.45) is 0 Å². The van der Waals surface area contributed by atoms with Crippen molar-refractivity contribution < 1.29 is 14.6 Å². The highest BCUT2D eigenvalue weighted by atomic mass is 32.2. The van der Waals surface area contributed by atoms with Crippen LogP contribution in [0.3, 0.4) is 0 Å². The number of benzene rings is 1. The van der Waals surface area contributed by atoms with E-state index in [-0.39, 0.29) is 5.75 Å². The van der Waals surface area contributed by atoms with E-state index in [2.05, 4.69) is 15.5 Å². The van der Waals surface area contributed by atoms with Crippen molar-refractivity contribution in [1.29, 1.82) is 0 Å². The maximum absolute atomic E-state index is 10.4. The van der Waals surface area contributed by atoms with Gasteiger partial charge in [-0.15, -0.1) is 10.2 Å². The molecule has 0 aliphatic rings. The van der Waals surface area contributed by atoms with Gasteiger partial charge in [-0.05, 0) is 24.3 Å². The zero-order chi connectivity index (χ0) is 13.7. The monoisotopic (exact) mass is 297 g/mol. The summed E-state index contributed by atoms with van der Waals surface area (Å²) in [6.07, 6.45) is 0. The van der Waals surface area contributed by atoms with Gasteiger partial charge in [0.15, 0.2) is 4.34 Å². The first-order chi connectivity index (χ1) is 9.17. The maximum atomic E-state index is 10.4. The zero-order valence-electron chi connectivity index (χ0n) is 9.99. The number of carboxylic acid groups (broad SMARTS) is 1. The SMILES string of the molecule is COc1ccc(Nc2nnc(SCC(=O)O)s2)cc1. The average molecular weight is 297 g/mol. The third-order valence-corrected chi connectivity index (χ3v) is 4.02. The number of ether oxygens (including phenoxy) is 1. The normalized spacial score (nSPS) is 10.2. The largest absolute Gasteiger partial charge is 0.497 e. The smallest absolute Gasteiger partial charge is 0.313 e. The summed E-state index contributed by atoms with van der Waals surface area (Å²) in [5, 5.41) is 20.1. The third kappa shape index (κ3) is 4.11. The number of nitrogens with one attached hydrogen (secondary N) is 1. The van der Waals surface area contributed by atoms with Gasteiger partial charge >= 0.3 is 5.97 Å². The molecule has 0 amide bonds. The van der Waals surface area contributed by atoms with Gasteiger partial charge in [0.1, 0.15) is 5.75 Å². The van der Waals surface area contributed by atoms with Crippen LogP contribution in [0.15, 0.2) is 28.6 Å². The number of carboxylic acids is 1. The fourth-order valence-corrected chi connectivity index (χ4v) is 2.73. The molecule has 0 atom stereocenters. The van der Waals surface area contributed by atoms with Gasteiger partial charge < -0.3 is 15.2 Å². The van der Waals surface area contributed by atoms with Crippen molar-refractivity contribution in [2.45, 2.75) is 4.34 Å². The van der Waals surface area contributed by atoms with Crippen LogP contribution in [-0.4, -0.2) is 34.1 Å². The maximum Gasteiger partial charge on any atom is 0.313 e. The number of hydrogen-bond donors (Lipinski definition) is 2. The Bertz CT molecular complexity index is 557. The van der Waals surface area contributed by atoms with Crippen molar-refractivity contribution in [2.75, 3.05) is 18.2 Å². The zero-order valence-corrected chi connectivity index (χ0v) is 11.6. The highest BCUT2D eigenvalue weighted by Gasteiger charge is 2.07. The van der Waals surface area contributed by atoms with Crippen LogP contribution in [0.5, 0.6) is 5.75 Å². The second kappa shape index (κ2) is 6.39. The molecule has 8 heteroatoms. The van der Waals surface area contributed by atoms with Crippen LogP contribution in [0.25, 0.3) is 0 Å². The molecule has 6 nitrogen and oxygen atoms in total. The second-order valence-corrected chi connectivity index (χ2v) is 5.61. The van der Waals surface area contributed by atoms with Gasteiger partial charge in [0, 0.05) is 5.69 Å². The number of methoxy groups -OCH3 is 1. The summed E-state index contributed by atoms with van der Waals surface area (Å²) in [6.45, 7) is 0. The molecular weight excluding hydrogens is 286 g/mol. The van der Waals surface area contributed by atoms with Gasteiger partial charge in [0.2, 0.25) is 5.13 Å². The fourth-order valence-electron chi connectivity index (χ4n) is 1.24. The van der Waals surface area contributed by atoms with Crippen LogP contribution in [0.4, 0.5) is 10.8 Å². The van der Waals surface area contributed by atoms with Crippen molar-refractivity contribution in [3.8, 4) is 5.75 Å². The van der Waals surface area contributed by atoms with Crippen LogP contribution in [0.1, 0.15) is 0 Å². The molecule has 1 heterocycles. The van der Waals surface area contributed by atoms with E-state index in [1.54, 1.807) is 7.11 Å². The number of hydrogen-bond acceptors (Lipinski definition) is 7. The van der Waals surface area contributed by atoms with Crippen molar-refractivity contribution >= 4 is 39.9 Å². The molecule has 100 valence electrons. The van der Waals surface area contributed by atoms with Crippen LogP contribution in [0.2, 0.25) is 0 Å². The molecule has 0 radical (unpaired) electrons. The van der Waals surface area contributed by atoms with Crippen molar-refractivity contribution in [1.82, 2.24) is 10.2 Å². The van der Waals surface area contributed by atoms with E-state index in [1.807, 2.05) is 24.3 Å². The van der Waals surface area contributed by atoms with Gasteiger partial charge in [0.05, 0.1) is 12.9 Å². The van der Waals surface area contributed by atoms with Crippen molar-refractivity contribution in [3.63, 3.8) is 0 Å². The van der Waals surface area contributed by atoms with E-state index in [4.69, 9.17) is 9.84 Å². The number of aliphatic carboxylic acids is 1. The average Bonchev–Trinajstić information content (AvgIpc) is 2.85. The second-order valence-electron chi connectivity index (χ2n) is 3.41. The quantitative estimate of drug-likeness (QED) is 0.792. The Labute approximate surface area is 117 Å². The molecule has 1 aromatic carbocycles. The molecule has 0 fully saturated rings. The number of aromatic nitrogens is 2. The predicted molar refractivity (Wildman–Crippen MR) is 74.5 cm³/mol. The first-order valence-corrected chi connectivity index (χ1v) is 7.07. The molecule has 1 aromatic heterocycles. The van der Waals surface area contributed by atoms with E-state index in [0.29, 0.717) is 9.47 Å². The minimum atomic E-state index is -0.870. The van der Waals surface area contributed by atoms with Crippen LogP contribution >= 0.6 is 23.1 Å². The Balaban J connectivity index is 1.96. The standard InChI is InChI=1S/C11H11N3O3S2/c1-17-8-4-2-7(3-5-8)12-10-13-14-11(19-10)18-6-9(15)16/h2-5H,6H2,1H3,(H,12,13)(H,15,16). The topological polar surface area (TPSA) is 84.3 Å².